The van der Waals surface area contributed by atoms with Gasteiger partial charge in [-0.05, 0) is 24.0 Å². The molecule has 1 aromatic carbocycles. The fourth-order valence-electron chi connectivity index (χ4n) is 2.27. The highest BCUT2D eigenvalue weighted by molar-refractivity contribution is 5.71. The van der Waals surface area contributed by atoms with Crippen LogP contribution in [-0.4, -0.2) is 10.2 Å². The number of nitrogens with one attached hydrogen (secondary N) is 2. The topological polar surface area (TPSA) is 65.7 Å². The summed E-state index contributed by atoms with van der Waals surface area (Å²) < 4.78 is 0. The molecule has 0 unspecified atom stereocenters. The summed E-state index contributed by atoms with van der Waals surface area (Å²) in [5, 5.41) is 4.74. The SMILES string of the molecule is O=c1[nH][nH]c(=O)c2c1CCc1ccccc1-2. The van der Waals surface area contributed by atoms with E-state index in [9.17, 15) is 9.59 Å². The van der Waals surface area contributed by atoms with Crippen molar-refractivity contribution in [2.24, 2.45) is 0 Å². The molecular formula is C12H10N2O2. The molecule has 0 saturated carbocycles. The summed E-state index contributed by atoms with van der Waals surface area (Å²) >= 11 is 0. The number of aromatic nitrogens is 2. The van der Waals surface area contributed by atoms with E-state index in [0.717, 1.165) is 17.5 Å². The van der Waals surface area contributed by atoms with Crippen LogP contribution < -0.4 is 11.1 Å². The van der Waals surface area contributed by atoms with Crippen LogP contribution in [0.5, 0.6) is 0 Å². The summed E-state index contributed by atoms with van der Waals surface area (Å²) in [7, 11) is 0. The zero-order valence-corrected chi connectivity index (χ0v) is 8.54. The zero-order valence-electron chi connectivity index (χ0n) is 8.54. The maximum Gasteiger partial charge on any atom is 0.270 e. The Bertz CT molecular complexity index is 667. The standard InChI is InChI=1S/C12H10N2O2/c15-11-9-6-5-7-3-1-2-4-8(7)10(9)12(16)14-13-11/h1-4H,5-6H2,(H,13,15)(H,14,16). The van der Waals surface area contributed by atoms with E-state index in [1.807, 2.05) is 24.3 Å². The summed E-state index contributed by atoms with van der Waals surface area (Å²) in [6.45, 7) is 0. The lowest BCUT2D eigenvalue weighted by molar-refractivity contribution is 0.858. The molecule has 4 nitrogen and oxygen atoms in total. The van der Waals surface area contributed by atoms with Crippen LogP contribution in [0, 0.1) is 0 Å². The van der Waals surface area contributed by atoms with E-state index in [1.54, 1.807) is 0 Å². The Morgan fingerprint density at radius 3 is 2.56 bits per heavy atom. The molecule has 0 aliphatic heterocycles. The highest BCUT2D eigenvalue weighted by Gasteiger charge is 2.20. The number of hydrogen-bond acceptors (Lipinski definition) is 2. The Morgan fingerprint density at radius 2 is 1.69 bits per heavy atom. The Hall–Kier alpha value is -2.10. The van der Waals surface area contributed by atoms with Crippen LogP contribution in [-0.2, 0) is 12.8 Å². The predicted molar refractivity (Wildman–Crippen MR) is 60.5 cm³/mol. The van der Waals surface area contributed by atoms with Gasteiger partial charge in [0, 0.05) is 5.56 Å². The zero-order chi connectivity index (χ0) is 11.1. The van der Waals surface area contributed by atoms with E-state index in [-0.39, 0.29) is 11.1 Å². The lowest BCUT2D eigenvalue weighted by Gasteiger charge is -2.17. The van der Waals surface area contributed by atoms with Crippen molar-refractivity contribution in [3.63, 3.8) is 0 Å². The van der Waals surface area contributed by atoms with Crippen molar-refractivity contribution in [3.05, 3.63) is 56.1 Å². The lowest BCUT2D eigenvalue weighted by Crippen LogP contribution is -2.28. The van der Waals surface area contributed by atoms with Crippen molar-refractivity contribution < 1.29 is 0 Å². The van der Waals surface area contributed by atoms with Crippen molar-refractivity contribution in [1.82, 2.24) is 10.2 Å². The number of benzene rings is 1. The number of H-pyrrole nitrogens is 2. The molecular weight excluding hydrogens is 204 g/mol. The second kappa shape index (κ2) is 3.20. The molecule has 0 bridgehead atoms. The van der Waals surface area contributed by atoms with Crippen molar-refractivity contribution in [3.8, 4) is 11.1 Å². The van der Waals surface area contributed by atoms with E-state index in [1.165, 1.54) is 0 Å². The molecule has 0 radical (unpaired) electrons. The van der Waals surface area contributed by atoms with E-state index in [4.69, 9.17) is 0 Å². The average molecular weight is 214 g/mol. The maximum atomic E-state index is 11.8. The molecule has 0 saturated heterocycles. The van der Waals surface area contributed by atoms with E-state index in [2.05, 4.69) is 10.2 Å². The molecule has 2 aromatic rings. The molecule has 1 heterocycles. The van der Waals surface area contributed by atoms with Crippen LogP contribution in [0.3, 0.4) is 0 Å². The normalized spacial score (nSPS) is 13.0. The molecule has 3 rings (SSSR count). The van der Waals surface area contributed by atoms with Crippen LogP contribution in [0.2, 0.25) is 0 Å². The molecule has 0 spiro atoms. The molecule has 0 fully saturated rings. The molecule has 1 aliphatic rings. The van der Waals surface area contributed by atoms with Crippen LogP contribution >= 0.6 is 0 Å². The first-order chi connectivity index (χ1) is 7.77. The van der Waals surface area contributed by atoms with Gasteiger partial charge in [0.15, 0.2) is 0 Å². The first-order valence-corrected chi connectivity index (χ1v) is 5.19. The molecule has 0 amide bonds. The third kappa shape index (κ3) is 1.16. The van der Waals surface area contributed by atoms with Gasteiger partial charge in [0.25, 0.3) is 11.1 Å². The van der Waals surface area contributed by atoms with Gasteiger partial charge in [-0.2, -0.15) is 0 Å². The second-order valence-corrected chi connectivity index (χ2v) is 3.92. The predicted octanol–water partition coefficient (Wildman–Crippen LogP) is 0.829. The first kappa shape index (κ1) is 9.15. The summed E-state index contributed by atoms with van der Waals surface area (Å²) in [5.41, 5.74) is 2.74. The number of fused-ring (bicyclic) bond motifs is 3. The summed E-state index contributed by atoms with van der Waals surface area (Å²) in [5.74, 6) is 0. The van der Waals surface area contributed by atoms with Gasteiger partial charge in [-0.3, -0.25) is 19.8 Å². The number of aromatic amines is 2. The second-order valence-electron chi connectivity index (χ2n) is 3.92. The number of aryl methyl sites for hydroxylation is 1. The summed E-state index contributed by atoms with van der Waals surface area (Å²) in [4.78, 5) is 23.4. The maximum absolute atomic E-state index is 11.8. The molecule has 2 N–H and O–H groups in total. The fraction of sp³-hybridized carbons (Fsp3) is 0.167. The van der Waals surface area contributed by atoms with Gasteiger partial charge in [-0.1, -0.05) is 24.3 Å². The molecule has 4 heteroatoms. The van der Waals surface area contributed by atoms with Crippen LogP contribution in [0.4, 0.5) is 0 Å². The molecule has 16 heavy (non-hydrogen) atoms. The van der Waals surface area contributed by atoms with Gasteiger partial charge in [0.05, 0.1) is 5.56 Å². The highest BCUT2D eigenvalue weighted by Crippen LogP contribution is 2.28. The highest BCUT2D eigenvalue weighted by atomic mass is 16.1. The van der Waals surface area contributed by atoms with Crippen molar-refractivity contribution in [2.75, 3.05) is 0 Å². The third-order valence-corrected chi connectivity index (χ3v) is 3.02. The van der Waals surface area contributed by atoms with Crippen molar-refractivity contribution in [1.29, 1.82) is 0 Å². The monoisotopic (exact) mass is 214 g/mol. The summed E-state index contributed by atoms with van der Waals surface area (Å²) in [6.07, 6.45) is 1.45. The van der Waals surface area contributed by atoms with Gasteiger partial charge in [0.2, 0.25) is 0 Å². The van der Waals surface area contributed by atoms with Gasteiger partial charge in [-0.15, -0.1) is 0 Å². The molecule has 80 valence electrons. The minimum Gasteiger partial charge on any atom is -0.268 e. The smallest absolute Gasteiger partial charge is 0.268 e. The minimum atomic E-state index is -0.221. The van der Waals surface area contributed by atoms with E-state index < -0.39 is 0 Å². The Kier molecular flexibility index (Phi) is 1.83. The van der Waals surface area contributed by atoms with Crippen molar-refractivity contribution in [2.45, 2.75) is 12.8 Å². The fourth-order valence-corrected chi connectivity index (χ4v) is 2.27. The van der Waals surface area contributed by atoms with Crippen LogP contribution in [0.25, 0.3) is 11.1 Å². The Labute approximate surface area is 90.9 Å². The van der Waals surface area contributed by atoms with Crippen molar-refractivity contribution >= 4 is 0 Å². The number of rotatable bonds is 0. The van der Waals surface area contributed by atoms with Gasteiger partial charge in [-0.25, -0.2) is 0 Å². The van der Waals surface area contributed by atoms with Gasteiger partial charge < -0.3 is 0 Å². The minimum absolute atomic E-state index is 0.191. The Balaban J connectivity index is 2.45. The third-order valence-electron chi connectivity index (χ3n) is 3.02. The Morgan fingerprint density at radius 1 is 0.938 bits per heavy atom. The first-order valence-electron chi connectivity index (χ1n) is 5.19. The summed E-state index contributed by atoms with van der Waals surface area (Å²) in [6, 6.07) is 7.72. The lowest BCUT2D eigenvalue weighted by atomic mass is 9.87. The van der Waals surface area contributed by atoms with Gasteiger partial charge >= 0.3 is 0 Å². The van der Waals surface area contributed by atoms with E-state index in [0.29, 0.717) is 17.5 Å². The molecule has 0 atom stereocenters. The average Bonchev–Trinajstić information content (AvgIpc) is 2.33. The quantitative estimate of drug-likeness (QED) is 0.682. The molecule has 1 aromatic heterocycles. The molecule has 1 aliphatic carbocycles. The largest absolute Gasteiger partial charge is 0.270 e. The number of hydrogen-bond donors (Lipinski definition) is 2. The van der Waals surface area contributed by atoms with Crippen LogP contribution in [0.15, 0.2) is 33.9 Å². The van der Waals surface area contributed by atoms with Gasteiger partial charge in [0.1, 0.15) is 0 Å². The van der Waals surface area contributed by atoms with E-state index >= 15 is 0 Å². The van der Waals surface area contributed by atoms with Crippen LogP contribution in [0.1, 0.15) is 11.1 Å².